The monoisotopic (exact) mass is 287 g/mol. The van der Waals surface area contributed by atoms with Crippen molar-refractivity contribution in [3.63, 3.8) is 0 Å². The lowest BCUT2D eigenvalue weighted by Crippen LogP contribution is -2.35. The number of aryl methyl sites for hydroxylation is 2. The van der Waals surface area contributed by atoms with Crippen LogP contribution in [0.15, 0.2) is 17.5 Å². The van der Waals surface area contributed by atoms with Crippen LogP contribution in [0.3, 0.4) is 0 Å². The van der Waals surface area contributed by atoms with Crippen LogP contribution >= 0.6 is 0 Å². The molecule has 0 radical (unpaired) electrons. The molecule has 0 saturated carbocycles. The molecule has 1 aliphatic rings. The van der Waals surface area contributed by atoms with E-state index in [0.29, 0.717) is 12.1 Å². The smallest absolute Gasteiger partial charge is 0.174 e. The summed E-state index contributed by atoms with van der Waals surface area (Å²) in [5.74, 6) is 0.973. The highest BCUT2D eigenvalue weighted by molar-refractivity contribution is 6.03. The Balaban J connectivity index is 2.06. The number of anilines is 1. The van der Waals surface area contributed by atoms with Crippen molar-refractivity contribution in [2.24, 2.45) is 10.9 Å². The highest BCUT2D eigenvalue weighted by atomic mass is 16.4. The Bertz CT molecular complexity index is 707. The van der Waals surface area contributed by atoms with E-state index < -0.39 is 0 Å². The van der Waals surface area contributed by atoms with Gasteiger partial charge in [0.05, 0.1) is 23.5 Å². The van der Waals surface area contributed by atoms with Crippen molar-refractivity contribution in [1.29, 1.82) is 0 Å². The molecule has 21 heavy (non-hydrogen) atoms. The quantitative estimate of drug-likeness (QED) is 0.358. The summed E-state index contributed by atoms with van der Waals surface area (Å²) in [6.07, 6.45) is 1.74. The number of rotatable bonds is 2. The van der Waals surface area contributed by atoms with E-state index in [9.17, 15) is 0 Å². The topological polar surface area (TPSA) is 105 Å². The van der Waals surface area contributed by atoms with Crippen LogP contribution in [0.1, 0.15) is 22.8 Å². The first-order chi connectivity index (χ1) is 10.1. The van der Waals surface area contributed by atoms with E-state index in [2.05, 4.69) is 25.2 Å². The second-order valence-corrected chi connectivity index (χ2v) is 5.09. The fraction of sp³-hybridized carbons (Fsp3) is 0.385. The number of oxime groups is 1. The van der Waals surface area contributed by atoms with Crippen LogP contribution in [0.4, 0.5) is 5.69 Å². The van der Waals surface area contributed by atoms with Crippen LogP contribution in [0.5, 0.6) is 0 Å². The first-order valence-electron chi connectivity index (χ1n) is 6.68. The minimum Gasteiger partial charge on any atom is -0.409 e. The van der Waals surface area contributed by atoms with Crippen LogP contribution < -0.4 is 10.6 Å². The summed E-state index contributed by atoms with van der Waals surface area (Å²) in [7, 11) is 0. The van der Waals surface area contributed by atoms with Crippen molar-refractivity contribution in [1.82, 2.24) is 19.7 Å². The van der Waals surface area contributed by atoms with Gasteiger partial charge in [-0.15, -0.1) is 10.2 Å². The Labute approximate surface area is 121 Å². The molecule has 0 atom stereocenters. The van der Waals surface area contributed by atoms with Gasteiger partial charge in [-0.2, -0.15) is 0 Å². The van der Waals surface area contributed by atoms with Gasteiger partial charge in [0.25, 0.3) is 0 Å². The maximum absolute atomic E-state index is 9.02. The summed E-state index contributed by atoms with van der Waals surface area (Å²) in [6, 6.07) is 1.95. The van der Waals surface area contributed by atoms with Crippen LogP contribution in [-0.4, -0.2) is 37.3 Å². The molecule has 110 valence electrons. The lowest BCUT2D eigenvalue weighted by molar-refractivity contribution is 0.318. The van der Waals surface area contributed by atoms with Crippen LogP contribution in [-0.2, 0) is 13.1 Å². The van der Waals surface area contributed by atoms with E-state index in [1.807, 2.05) is 24.5 Å². The number of aromatic nitrogens is 4. The Kier molecular flexibility index (Phi) is 3.20. The van der Waals surface area contributed by atoms with E-state index in [-0.39, 0.29) is 5.84 Å². The van der Waals surface area contributed by atoms with E-state index in [1.165, 1.54) is 0 Å². The highest BCUT2D eigenvalue weighted by Crippen LogP contribution is 2.26. The van der Waals surface area contributed by atoms with Gasteiger partial charge in [0.1, 0.15) is 6.33 Å². The zero-order chi connectivity index (χ0) is 15.0. The van der Waals surface area contributed by atoms with Gasteiger partial charge in [0, 0.05) is 18.8 Å². The molecule has 1 aliphatic heterocycles. The Morgan fingerprint density at radius 1 is 1.38 bits per heavy atom. The summed E-state index contributed by atoms with van der Waals surface area (Å²) in [5, 5.41) is 20.2. The zero-order valence-electron chi connectivity index (χ0n) is 12.0. The number of nitrogens with two attached hydrogens (primary N) is 1. The average molecular weight is 287 g/mol. The minimum absolute atomic E-state index is 0.0713. The predicted molar refractivity (Wildman–Crippen MR) is 77.3 cm³/mol. The van der Waals surface area contributed by atoms with Gasteiger partial charge in [-0.1, -0.05) is 5.16 Å². The molecule has 0 unspecified atom stereocenters. The predicted octanol–water partition coefficient (Wildman–Crippen LogP) is 0.405. The largest absolute Gasteiger partial charge is 0.409 e. The molecule has 0 bridgehead atoms. The second kappa shape index (κ2) is 5.04. The van der Waals surface area contributed by atoms with Crippen LogP contribution in [0.25, 0.3) is 0 Å². The van der Waals surface area contributed by atoms with Gasteiger partial charge < -0.3 is 20.4 Å². The Morgan fingerprint density at radius 3 is 2.95 bits per heavy atom. The number of hydrogen-bond donors (Lipinski definition) is 2. The maximum Gasteiger partial charge on any atom is 0.174 e. The van der Waals surface area contributed by atoms with E-state index in [1.54, 1.807) is 6.33 Å². The standard InChI is InChI=1S/C13H17N7O/c1-8-5-10(12(9(2)16-8)13(14)18-21)19-3-4-20-7-15-17-11(20)6-19/h5,7,21H,3-4,6H2,1-2H3,(H2,14,18). The van der Waals surface area contributed by atoms with Crippen molar-refractivity contribution in [2.75, 3.05) is 11.4 Å². The normalized spacial score (nSPS) is 15.1. The summed E-state index contributed by atoms with van der Waals surface area (Å²) < 4.78 is 2.03. The van der Waals surface area contributed by atoms with Gasteiger partial charge >= 0.3 is 0 Å². The molecule has 2 aromatic rings. The number of hydrogen-bond acceptors (Lipinski definition) is 6. The summed E-state index contributed by atoms with van der Waals surface area (Å²) >= 11 is 0. The number of fused-ring (bicyclic) bond motifs is 1. The highest BCUT2D eigenvalue weighted by Gasteiger charge is 2.23. The zero-order valence-corrected chi connectivity index (χ0v) is 12.0. The molecule has 3 rings (SSSR count). The summed E-state index contributed by atoms with van der Waals surface area (Å²) in [6.45, 7) is 6.03. The molecule has 0 aliphatic carbocycles. The summed E-state index contributed by atoms with van der Waals surface area (Å²) in [5.41, 5.74) is 9.03. The third-order valence-electron chi connectivity index (χ3n) is 3.65. The molecular formula is C13H17N7O. The van der Waals surface area contributed by atoms with Gasteiger partial charge in [-0.3, -0.25) is 4.98 Å². The first-order valence-corrected chi connectivity index (χ1v) is 6.68. The number of pyridine rings is 1. The molecule has 0 fully saturated rings. The molecular weight excluding hydrogens is 270 g/mol. The molecule has 0 amide bonds. The molecule has 3 N–H and O–H groups in total. The molecule has 0 aromatic carbocycles. The van der Waals surface area contributed by atoms with Crippen LogP contribution in [0, 0.1) is 13.8 Å². The molecule has 0 saturated heterocycles. The maximum atomic E-state index is 9.02. The van der Waals surface area contributed by atoms with Gasteiger partial charge in [0.15, 0.2) is 11.7 Å². The van der Waals surface area contributed by atoms with Crippen molar-refractivity contribution in [3.05, 3.63) is 35.2 Å². The Hall–Kier alpha value is -2.64. The number of nitrogens with zero attached hydrogens (tertiary/aromatic N) is 6. The SMILES string of the molecule is Cc1cc(N2CCn3cnnc3C2)c(/C(N)=N/O)c(C)n1. The third kappa shape index (κ3) is 2.28. The third-order valence-corrected chi connectivity index (χ3v) is 3.65. The lowest BCUT2D eigenvalue weighted by Gasteiger charge is -2.31. The van der Waals surface area contributed by atoms with E-state index in [0.717, 1.165) is 36.0 Å². The molecule has 0 spiro atoms. The fourth-order valence-corrected chi connectivity index (χ4v) is 2.70. The minimum atomic E-state index is 0.0713. The van der Waals surface area contributed by atoms with Crippen molar-refractivity contribution >= 4 is 11.5 Å². The number of amidine groups is 1. The first kappa shape index (κ1) is 13.3. The van der Waals surface area contributed by atoms with E-state index in [4.69, 9.17) is 10.9 Å². The lowest BCUT2D eigenvalue weighted by atomic mass is 10.1. The van der Waals surface area contributed by atoms with E-state index >= 15 is 0 Å². The van der Waals surface area contributed by atoms with Crippen molar-refractivity contribution < 1.29 is 5.21 Å². The van der Waals surface area contributed by atoms with Gasteiger partial charge in [-0.25, -0.2) is 0 Å². The fourth-order valence-electron chi connectivity index (χ4n) is 2.70. The average Bonchev–Trinajstić information content (AvgIpc) is 2.93. The molecule has 2 aromatic heterocycles. The van der Waals surface area contributed by atoms with Gasteiger partial charge in [0.2, 0.25) is 0 Å². The van der Waals surface area contributed by atoms with Crippen molar-refractivity contribution in [2.45, 2.75) is 26.9 Å². The second-order valence-electron chi connectivity index (χ2n) is 5.09. The Morgan fingerprint density at radius 2 is 2.19 bits per heavy atom. The summed E-state index contributed by atoms with van der Waals surface area (Å²) in [4.78, 5) is 6.55. The van der Waals surface area contributed by atoms with Crippen molar-refractivity contribution in [3.8, 4) is 0 Å². The van der Waals surface area contributed by atoms with Gasteiger partial charge in [-0.05, 0) is 19.9 Å². The molecule has 3 heterocycles. The molecule has 8 heteroatoms. The molecule has 8 nitrogen and oxygen atoms in total. The van der Waals surface area contributed by atoms with Crippen LogP contribution in [0.2, 0.25) is 0 Å².